The van der Waals surface area contributed by atoms with Gasteiger partial charge in [0.25, 0.3) is 5.91 Å². The average Bonchev–Trinajstić information content (AvgIpc) is 2.37. The van der Waals surface area contributed by atoms with Crippen LogP contribution in [-0.4, -0.2) is 29.4 Å². The third kappa shape index (κ3) is 3.43. The van der Waals surface area contributed by atoms with Gasteiger partial charge in [-0.15, -0.1) is 0 Å². The van der Waals surface area contributed by atoms with Gasteiger partial charge in [0.1, 0.15) is 5.69 Å². The highest BCUT2D eigenvalue weighted by Gasteiger charge is 2.15. The molecule has 0 aliphatic carbocycles. The van der Waals surface area contributed by atoms with Crippen LogP contribution in [0, 0.1) is 17.2 Å². The molecule has 0 radical (unpaired) electrons. The Bertz CT molecular complexity index is 422. The zero-order valence-corrected chi connectivity index (χ0v) is 9.84. The number of hydrazine groups is 1. The summed E-state index contributed by atoms with van der Waals surface area (Å²) >= 11 is 0. The minimum Gasteiger partial charge on any atom is -0.339 e. The van der Waals surface area contributed by atoms with E-state index < -0.39 is 0 Å². The van der Waals surface area contributed by atoms with Crippen LogP contribution in [0.2, 0.25) is 0 Å². The Kier molecular flexibility index (Phi) is 4.43. The van der Waals surface area contributed by atoms with Gasteiger partial charge in [0.05, 0.1) is 23.9 Å². The Morgan fingerprint density at radius 1 is 1.71 bits per heavy atom. The Balaban J connectivity index is 2.72. The maximum atomic E-state index is 11.9. The third-order valence-electron chi connectivity index (χ3n) is 2.26. The molecule has 6 nitrogen and oxygen atoms in total. The lowest BCUT2D eigenvalue weighted by atomic mass is 10.2. The summed E-state index contributed by atoms with van der Waals surface area (Å²) in [6, 6.07) is 5.34. The van der Waals surface area contributed by atoms with Crippen LogP contribution in [0.25, 0.3) is 0 Å². The summed E-state index contributed by atoms with van der Waals surface area (Å²) in [7, 11) is 1.65. The predicted octanol–water partition coefficient (Wildman–Crippen LogP) is 0.599. The molecule has 0 saturated heterocycles. The number of hydrogen-bond donors (Lipinski definition) is 2. The van der Waals surface area contributed by atoms with Crippen LogP contribution in [0.3, 0.4) is 0 Å². The van der Waals surface area contributed by atoms with Crippen LogP contribution in [0.4, 0.5) is 5.69 Å². The molecule has 17 heavy (non-hydrogen) atoms. The molecule has 1 unspecified atom stereocenters. The number of aromatic nitrogens is 1. The van der Waals surface area contributed by atoms with Crippen LogP contribution in [0.1, 0.15) is 17.4 Å². The lowest BCUT2D eigenvalue weighted by molar-refractivity contribution is 0.0779. The first-order chi connectivity index (χ1) is 8.08. The second kappa shape index (κ2) is 5.82. The fourth-order valence-corrected chi connectivity index (χ4v) is 1.34. The van der Waals surface area contributed by atoms with Gasteiger partial charge in [0, 0.05) is 13.6 Å². The Labute approximate surface area is 100 Å². The van der Waals surface area contributed by atoms with Gasteiger partial charge in [-0.05, 0) is 19.1 Å². The maximum Gasteiger partial charge on any atom is 0.272 e. The van der Waals surface area contributed by atoms with Crippen molar-refractivity contribution in [1.29, 1.82) is 5.26 Å². The molecule has 0 saturated carbocycles. The highest BCUT2D eigenvalue weighted by Crippen LogP contribution is 2.07. The zero-order valence-electron chi connectivity index (χ0n) is 9.84. The van der Waals surface area contributed by atoms with Gasteiger partial charge >= 0.3 is 0 Å². The van der Waals surface area contributed by atoms with E-state index in [-0.39, 0.29) is 11.8 Å². The monoisotopic (exact) mass is 233 g/mol. The van der Waals surface area contributed by atoms with Crippen molar-refractivity contribution < 1.29 is 4.79 Å². The number of pyridine rings is 1. The van der Waals surface area contributed by atoms with Crippen molar-refractivity contribution in [1.82, 2.24) is 9.88 Å². The summed E-state index contributed by atoms with van der Waals surface area (Å²) < 4.78 is 0. The smallest absolute Gasteiger partial charge is 0.272 e. The molecule has 3 N–H and O–H groups in total. The van der Waals surface area contributed by atoms with E-state index in [9.17, 15) is 4.79 Å². The van der Waals surface area contributed by atoms with Crippen molar-refractivity contribution >= 4 is 11.6 Å². The number of rotatable bonds is 4. The van der Waals surface area contributed by atoms with Crippen molar-refractivity contribution in [3.8, 4) is 6.07 Å². The molecule has 1 rings (SSSR count). The average molecular weight is 233 g/mol. The minimum atomic E-state index is -0.212. The van der Waals surface area contributed by atoms with Crippen molar-refractivity contribution in [2.24, 2.45) is 11.8 Å². The molecule has 0 fully saturated rings. The largest absolute Gasteiger partial charge is 0.339 e. The van der Waals surface area contributed by atoms with E-state index in [0.717, 1.165) is 0 Å². The van der Waals surface area contributed by atoms with Gasteiger partial charge in [-0.3, -0.25) is 10.6 Å². The first-order valence-electron chi connectivity index (χ1n) is 5.16. The maximum absolute atomic E-state index is 11.9. The van der Waals surface area contributed by atoms with Gasteiger partial charge in [0.2, 0.25) is 0 Å². The van der Waals surface area contributed by atoms with Crippen LogP contribution in [-0.2, 0) is 0 Å². The number of nitriles is 1. The SMILES string of the molecule is CC(C#N)CN(C)C(=O)c1ccc(NN)cn1. The molecule has 0 bridgehead atoms. The van der Waals surface area contributed by atoms with Gasteiger partial charge in [-0.25, -0.2) is 4.98 Å². The summed E-state index contributed by atoms with van der Waals surface area (Å²) in [5.74, 6) is 4.79. The van der Waals surface area contributed by atoms with Crippen molar-refractivity contribution in [3.63, 3.8) is 0 Å². The van der Waals surface area contributed by atoms with Crippen LogP contribution in [0.15, 0.2) is 18.3 Å². The Hall–Kier alpha value is -2.13. The summed E-state index contributed by atoms with van der Waals surface area (Å²) in [6.45, 7) is 2.15. The molecule has 90 valence electrons. The first-order valence-corrected chi connectivity index (χ1v) is 5.16. The van der Waals surface area contributed by atoms with E-state index in [4.69, 9.17) is 11.1 Å². The number of nitrogens with one attached hydrogen (secondary N) is 1. The standard InChI is InChI=1S/C11H15N5O/c1-8(5-12)7-16(2)11(17)10-4-3-9(15-13)6-14-10/h3-4,6,8,15H,7,13H2,1-2H3. The summed E-state index contributed by atoms with van der Waals surface area (Å²) in [5, 5.41) is 8.68. The number of anilines is 1. The fraction of sp³-hybridized carbons (Fsp3) is 0.364. The summed E-state index contributed by atoms with van der Waals surface area (Å²) in [6.07, 6.45) is 1.48. The van der Waals surface area contributed by atoms with Crippen LogP contribution < -0.4 is 11.3 Å². The van der Waals surface area contributed by atoms with Gasteiger partial charge in [0.15, 0.2) is 0 Å². The molecule has 1 atom stereocenters. The van der Waals surface area contributed by atoms with E-state index in [2.05, 4.69) is 16.5 Å². The molecule has 1 aromatic rings. The lowest BCUT2D eigenvalue weighted by Gasteiger charge is -2.17. The molecule has 0 spiro atoms. The number of nitrogens with two attached hydrogens (primary N) is 1. The van der Waals surface area contributed by atoms with E-state index in [1.165, 1.54) is 11.1 Å². The molecule has 1 amide bonds. The predicted molar refractivity (Wildman–Crippen MR) is 63.8 cm³/mol. The summed E-state index contributed by atoms with van der Waals surface area (Å²) in [4.78, 5) is 17.4. The van der Waals surface area contributed by atoms with Gasteiger partial charge < -0.3 is 10.3 Å². The summed E-state index contributed by atoms with van der Waals surface area (Å²) in [5.41, 5.74) is 3.40. The highest BCUT2D eigenvalue weighted by atomic mass is 16.2. The van der Waals surface area contributed by atoms with E-state index in [0.29, 0.717) is 17.9 Å². The number of nitrogens with zero attached hydrogens (tertiary/aromatic N) is 3. The van der Waals surface area contributed by atoms with Crippen molar-refractivity contribution in [3.05, 3.63) is 24.0 Å². The molecular formula is C11H15N5O. The molecule has 0 aliphatic heterocycles. The third-order valence-corrected chi connectivity index (χ3v) is 2.26. The Morgan fingerprint density at radius 2 is 2.41 bits per heavy atom. The number of amides is 1. The second-order valence-electron chi connectivity index (χ2n) is 3.79. The highest BCUT2D eigenvalue weighted by molar-refractivity contribution is 5.92. The number of carbonyl (C=O) groups is 1. The molecular weight excluding hydrogens is 218 g/mol. The second-order valence-corrected chi connectivity index (χ2v) is 3.79. The minimum absolute atomic E-state index is 0.200. The van der Waals surface area contributed by atoms with Crippen molar-refractivity contribution in [2.45, 2.75) is 6.92 Å². The molecule has 1 heterocycles. The van der Waals surface area contributed by atoms with Crippen LogP contribution in [0.5, 0.6) is 0 Å². The lowest BCUT2D eigenvalue weighted by Crippen LogP contribution is -2.31. The Morgan fingerprint density at radius 3 is 2.88 bits per heavy atom. The normalized spacial score (nSPS) is 11.4. The number of carbonyl (C=O) groups excluding carboxylic acids is 1. The molecule has 1 aromatic heterocycles. The van der Waals surface area contributed by atoms with E-state index in [1.807, 2.05) is 0 Å². The van der Waals surface area contributed by atoms with Crippen LogP contribution >= 0.6 is 0 Å². The van der Waals surface area contributed by atoms with Gasteiger partial charge in [-0.2, -0.15) is 5.26 Å². The van der Waals surface area contributed by atoms with Gasteiger partial charge in [-0.1, -0.05) is 0 Å². The quantitative estimate of drug-likeness (QED) is 0.586. The first kappa shape index (κ1) is 12.9. The number of nitrogen functional groups attached to an aromatic ring is 1. The molecule has 6 heteroatoms. The zero-order chi connectivity index (χ0) is 12.8. The fourth-order valence-electron chi connectivity index (χ4n) is 1.34. The van der Waals surface area contributed by atoms with E-state index in [1.54, 1.807) is 26.1 Å². The number of hydrogen-bond acceptors (Lipinski definition) is 5. The molecule has 0 aliphatic rings. The van der Waals surface area contributed by atoms with E-state index >= 15 is 0 Å². The molecule has 0 aromatic carbocycles. The van der Waals surface area contributed by atoms with Crippen molar-refractivity contribution in [2.75, 3.05) is 19.0 Å². The topological polar surface area (TPSA) is 95.0 Å².